The summed E-state index contributed by atoms with van der Waals surface area (Å²) in [5.41, 5.74) is 4.11. The minimum Gasteiger partial charge on any atom is -0.490 e. The Balaban J connectivity index is 1.48. The van der Waals surface area contributed by atoms with Crippen LogP contribution in [-0.4, -0.2) is 12.8 Å². The van der Waals surface area contributed by atoms with Gasteiger partial charge in [-0.2, -0.15) is 13.2 Å². The summed E-state index contributed by atoms with van der Waals surface area (Å²) in [7, 11) is 0. The van der Waals surface area contributed by atoms with Gasteiger partial charge in [0.1, 0.15) is 12.4 Å². The molecule has 2 bridgehead atoms. The standard InChI is InChI=1S/C31H39F3O/c1-3-6-26(7-4-2)29-22-23-16-19-30(29,20-17-23)27-12-8-24(9-13-27)25-10-14-28(15-11-25)35-21-5-18-31(32,33)34/h5,8-15,18,23,26,29H,3-4,6-7,16-17,19-22H2,1-2H3. The second kappa shape index (κ2) is 11.2. The van der Waals surface area contributed by atoms with E-state index in [2.05, 4.69) is 38.1 Å². The maximum absolute atomic E-state index is 12.2. The Kier molecular flexibility index (Phi) is 8.29. The average molecular weight is 485 g/mol. The van der Waals surface area contributed by atoms with E-state index in [1.54, 1.807) is 0 Å². The number of fused-ring (bicyclic) bond motifs is 3. The van der Waals surface area contributed by atoms with Gasteiger partial charge in [-0.3, -0.25) is 0 Å². The predicted molar refractivity (Wildman–Crippen MR) is 138 cm³/mol. The van der Waals surface area contributed by atoms with Gasteiger partial charge >= 0.3 is 6.18 Å². The molecule has 0 spiro atoms. The van der Waals surface area contributed by atoms with Gasteiger partial charge in [0.05, 0.1) is 0 Å². The molecule has 0 saturated heterocycles. The zero-order chi connectivity index (χ0) is 24.9. The van der Waals surface area contributed by atoms with Gasteiger partial charge in [0.25, 0.3) is 0 Å². The molecule has 0 radical (unpaired) electrons. The van der Waals surface area contributed by atoms with Crippen LogP contribution in [0.1, 0.15) is 77.2 Å². The molecule has 0 aromatic heterocycles. The number of benzene rings is 2. The second-order valence-electron chi connectivity index (χ2n) is 10.6. The molecule has 35 heavy (non-hydrogen) atoms. The molecule has 2 aromatic carbocycles. The van der Waals surface area contributed by atoms with Gasteiger partial charge in [-0.1, -0.05) is 75.9 Å². The molecule has 0 heterocycles. The van der Waals surface area contributed by atoms with Gasteiger partial charge in [0.2, 0.25) is 0 Å². The molecule has 4 heteroatoms. The van der Waals surface area contributed by atoms with E-state index >= 15 is 0 Å². The van der Waals surface area contributed by atoms with E-state index in [-0.39, 0.29) is 12.7 Å². The van der Waals surface area contributed by atoms with Crippen LogP contribution < -0.4 is 4.74 Å². The molecule has 3 aliphatic carbocycles. The average Bonchev–Trinajstić information content (AvgIpc) is 2.87. The van der Waals surface area contributed by atoms with Crippen LogP contribution in [0.5, 0.6) is 5.75 Å². The molecule has 5 rings (SSSR count). The fourth-order valence-corrected chi connectivity index (χ4v) is 6.88. The topological polar surface area (TPSA) is 9.23 Å². The van der Waals surface area contributed by atoms with Crippen molar-refractivity contribution < 1.29 is 17.9 Å². The van der Waals surface area contributed by atoms with Crippen LogP contribution in [0, 0.1) is 17.8 Å². The SMILES string of the molecule is CCCC(CCC)C1CC2CCC1(c1ccc(-c3ccc(OCC=CC(F)(F)F)cc3)cc1)CC2. The molecule has 0 N–H and O–H groups in total. The zero-order valence-corrected chi connectivity index (χ0v) is 21.1. The molecule has 3 fully saturated rings. The van der Waals surface area contributed by atoms with Gasteiger partial charge in [0.15, 0.2) is 0 Å². The zero-order valence-electron chi connectivity index (χ0n) is 21.1. The van der Waals surface area contributed by atoms with Crippen LogP contribution >= 0.6 is 0 Å². The van der Waals surface area contributed by atoms with E-state index in [0.717, 1.165) is 35.0 Å². The minimum absolute atomic E-state index is 0.102. The van der Waals surface area contributed by atoms with Gasteiger partial charge in [-0.05, 0) is 90.2 Å². The predicted octanol–water partition coefficient (Wildman–Crippen LogP) is 9.52. The number of alkyl halides is 3. The molecular weight excluding hydrogens is 445 g/mol. The first-order valence-electron chi connectivity index (χ1n) is 13.4. The number of allylic oxidation sites excluding steroid dienone is 1. The first-order valence-corrected chi connectivity index (χ1v) is 13.4. The third-order valence-electron chi connectivity index (χ3n) is 8.48. The Morgan fingerprint density at radius 3 is 2.03 bits per heavy atom. The van der Waals surface area contributed by atoms with Crippen molar-refractivity contribution in [3.8, 4) is 16.9 Å². The summed E-state index contributed by atoms with van der Waals surface area (Å²) >= 11 is 0. The van der Waals surface area contributed by atoms with E-state index < -0.39 is 6.18 Å². The van der Waals surface area contributed by atoms with Crippen LogP contribution in [-0.2, 0) is 5.41 Å². The quantitative estimate of drug-likeness (QED) is 0.305. The molecule has 190 valence electrons. The Bertz CT molecular complexity index is 944. The van der Waals surface area contributed by atoms with Gasteiger partial charge in [-0.25, -0.2) is 0 Å². The van der Waals surface area contributed by atoms with Crippen molar-refractivity contribution >= 4 is 0 Å². The summed E-state index contributed by atoms with van der Waals surface area (Å²) in [6, 6.07) is 16.8. The lowest BCUT2D eigenvalue weighted by molar-refractivity contribution is -0.0801. The number of ether oxygens (including phenoxy) is 1. The highest BCUT2D eigenvalue weighted by Gasteiger charge is 2.50. The third kappa shape index (κ3) is 6.13. The first-order chi connectivity index (χ1) is 16.8. The van der Waals surface area contributed by atoms with E-state index in [1.807, 2.05) is 24.3 Å². The molecule has 2 aromatic rings. The van der Waals surface area contributed by atoms with Crippen molar-refractivity contribution in [2.24, 2.45) is 17.8 Å². The van der Waals surface area contributed by atoms with Gasteiger partial charge in [-0.15, -0.1) is 0 Å². The summed E-state index contributed by atoms with van der Waals surface area (Å²) in [5.74, 6) is 3.15. The molecule has 0 aliphatic heterocycles. The molecule has 1 nitrogen and oxygen atoms in total. The fourth-order valence-electron chi connectivity index (χ4n) is 6.88. The second-order valence-corrected chi connectivity index (χ2v) is 10.6. The molecule has 3 saturated carbocycles. The van der Waals surface area contributed by atoms with Crippen LogP contribution in [0.25, 0.3) is 11.1 Å². The molecule has 1 unspecified atom stereocenters. The summed E-state index contributed by atoms with van der Waals surface area (Å²) in [6.07, 6.45) is 8.98. The summed E-state index contributed by atoms with van der Waals surface area (Å²) in [5, 5.41) is 0. The van der Waals surface area contributed by atoms with Crippen LogP contribution in [0.4, 0.5) is 13.2 Å². The van der Waals surface area contributed by atoms with Crippen molar-refractivity contribution in [2.45, 2.75) is 83.2 Å². The fraction of sp³-hybridized carbons (Fsp3) is 0.548. The number of rotatable bonds is 10. The highest BCUT2D eigenvalue weighted by Crippen LogP contribution is 2.58. The highest BCUT2D eigenvalue weighted by molar-refractivity contribution is 5.64. The molecule has 3 aliphatic rings. The lowest BCUT2D eigenvalue weighted by Crippen LogP contribution is -2.48. The smallest absolute Gasteiger partial charge is 0.409 e. The Labute approximate surface area is 208 Å². The van der Waals surface area contributed by atoms with Crippen molar-refractivity contribution in [3.05, 3.63) is 66.2 Å². The van der Waals surface area contributed by atoms with E-state index in [9.17, 15) is 13.2 Å². The van der Waals surface area contributed by atoms with Gasteiger partial charge in [0, 0.05) is 6.08 Å². The number of halogens is 3. The number of hydrogen-bond donors (Lipinski definition) is 0. The summed E-state index contributed by atoms with van der Waals surface area (Å²) < 4.78 is 42.0. The lowest BCUT2D eigenvalue weighted by atomic mass is 9.49. The van der Waals surface area contributed by atoms with Crippen molar-refractivity contribution in [1.29, 1.82) is 0 Å². The van der Waals surface area contributed by atoms with Crippen molar-refractivity contribution in [1.82, 2.24) is 0 Å². The Hall–Kier alpha value is -2.23. The Morgan fingerprint density at radius 2 is 1.49 bits per heavy atom. The van der Waals surface area contributed by atoms with Crippen LogP contribution in [0.3, 0.4) is 0 Å². The molecular formula is C31H39F3O. The van der Waals surface area contributed by atoms with E-state index in [0.29, 0.717) is 11.2 Å². The first kappa shape index (κ1) is 25.9. The summed E-state index contributed by atoms with van der Waals surface area (Å²) in [6.45, 7) is 4.57. The Morgan fingerprint density at radius 1 is 0.914 bits per heavy atom. The van der Waals surface area contributed by atoms with Crippen LogP contribution in [0.2, 0.25) is 0 Å². The molecule has 0 amide bonds. The summed E-state index contributed by atoms with van der Waals surface area (Å²) in [4.78, 5) is 0. The monoisotopic (exact) mass is 484 g/mol. The maximum Gasteiger partial charge on any atom is 0.409 e. The van der Waals surface area contributed by atoms with E-state index in [4.69, 9.17) is 4.74 Å². The van der Waals surface area contributed by atoms with E-state index in [1.165, 1.54) is 63.4 Å². The highest BCUT2D eigenvalue weighted by atomic mass is 19.4. The van der Waals surface area contributed by atoms with Gasteiger partial charge < -0.3 is 4.74 Å². The largest absolute Gasteiger partial charge is 0.490 e. The lowest BCUT2D eigenvalue weighted by Gasteiger charge is -2.55. The van der Waals surface area contributed by atoms with Crippen molar-refractivity contribution in [2.75, 3.05) is 6.61 Å². The number of hydrogen-bond acceptors (Lipinski definition) is 1. The normalized spacial score (nSPS) is 24.4. The third-order valence-corrected chi connectivity index (χ3v) is 8.48. The molecule has 1 atom stereocenters. The maximum atomic E-state index is 12.2. The van der Waals surface area contributed by atoms with Crippen molar-refractivity contribution in [3.63, 3.8) is 0 Å². The minimum atomic E-state index is -4.30. The van der Waals surface area contributed by atoms with Crippen LogP contribution in [0.15, 0.2) is 60.7 Å².